The average Bonchev–Trinajstić information content (AvgIpc) is 2.46. The Morgan fingerprint density at radius 3 is 2.42 bits per heavy atom. The monoisotopic (exact) mass is 251 g/mol. The van der Waals surface area contributed by atoms with Crippen LogP contribution in [-0.4, -0.2) is 4.98 Å². The largest absolute Gasteiger partial charge is 0.365 e. The van der Waals surface area contributed by atoms with Gasteiger partial charge in [-0.25, -0.2) is 4.98 Å². The van der Waals surface area contributed by atoms with Crippen molar-refractivity contribution in [3.8, 4) is 6.07 Å². The van der Waals surface area contributed by atoms with Gasteiger partial charge in [0.05, 0.1) is 5.56 Å². The second-order valence-electron chi connectivity index (χ2n) is 4.48. The van der Waals surface area contributed by atoms with Crippen LogP contribution in [0.25, 0.3) is 0 Å². The van der Waals surface area contributed by atoms with Crippen LogP contribution in [0.4, 0.5) is 5.82 Å². The van der Waals surface area contributed by atoms with E-state index in [1.54, 1.807) is 6.07 Å². The molecule has 3 nitrogen and oxygen atoms in total. The van der Waals surface area contributed by atoms with Crippen LogP contribution in [0.1, 0.15) is 29.3 Å². The predicted octanol–water partition coefficient (Wildman–Crippen LogP) is 3.44. The number of pyridine rings is 1. The molecule has 1 aromatic carbocycles. The summed E-state index contributed by atoms with van der Waals surface area (Å²) in [6, 6.07) is 14.3. The molecule has 19 heavy (non-hydrogen) atoms. The van der Waals surface area contributed by atoms with E-state index in [9.17, 15) is 0 Å². The van der Waals surface area contributed by atoms with Gasteiger partial charge in [0, 0.05) is 12.2 Å². The predicted molar refractivity (Wildman–Crippen MR) is 76.8 cm³/mol. The van der Waals surface area contributed by atoms with Gasteiger partial charge in [-0.05, 0) is 36.6 Å². The second kappa shape index (κ2) is 6.01. The minimum absolute atomic E-state index is 0.579. The molecule has 0 saturated carbocycles. The molecule has 0 aliphatic heterocycles. The Morgan fingerprint density at radius 1 is 1.11 bits per heavy atom. The molecule has 0 aliphatic carbocycles. The standard InChI is InChI=1S/C16H17N3/c1-3-13-5-7-14(8-6-13)11-18-16-15(10-17)9-4-12(2)19-16/h4-9H,3,11H2,1-2H3,(H,18,19). The molecular formula is C16H17N3. The SMILES string of the molecule is CCc1ccc(CNc2nc(C)ccc2C#N)cc1. The zero-order valence-electron chi connectivity index (χ0n) is 11.3. The molecule has 0 spiro atoms. The van der Waals surface area contributed by atoms with Crippen molar-refractivity contribution in [3.63, 3.8) is 0 Å². The number of aryl methyl sites for hydroxylation is 2. The Bertz CT molecular complexity index is 594. The summed E-state index contributed by atoms with van der Waals surface area (Å²) in [7, 11) is 0. The van der Waals surface area contributed by atoms with E-state index in [1.165, 1.54) is 11.1 Å². The molecule has 0 saturated heterocycles. The summed E-state index contributed by atoms with van der Waals surface area (Å²) < 4.78 is 0. The molecular weight excluding hydrogens is 234 g/mol. The molecule has 96 valence electrons. The maximum Gasteiger partial charge on any atom is 0.144 e. The minimum Gasteiger partial charge on any atom is -0.365 e. The zero-order chi connectivity index (χ0) is 13.7. The first-order chi connectivity index (χ1) is 9.22. The molecule has 2 rings (SSSR count). The lowest BCUT2D eigenvalue weighted by molar-refractivity contribution is 1.07. The summed E-state index contributed by atoms with van der Waals surface area (Å²) in [6.45, 7) is 4.74. The van der Waals surface area contributed by atoms with Crippen molar-refractivity contribution >= 4 is 5.82 Å². The Balaban J connectivity index is 2.09. The van der Waals surface area contributed by atoms with Crippen molar-refractivity contribution in [2.45, 2.75) is 26.8 Å². The number of benzene rings is 1. The van der Waals surface area contributed by atoms with Crippen LogP contribution in [0.3, 0.4) is 0 Å². The zero-order valence-corrected chi connectivity index (χ0v) is 11.3. The van der Waals surface area contributed by atoms with Crippen molar-refractivity contribution in [1.82, 2.24) is 4.98 Å². The fourth-order valence-electron chi connectivity index (χ4n) is 1.86. The lowest BCUT2D eigenvalue weighted by Crippen LogP contribution is -2.04. The van der Waals surface area contributed by atoms with Gasteiger partial charge in [-0.3, -0.25) is 0 Å². The van der Waals surface area contributed by atoms with Gasteiger partial charge in [0.2, 0.25) is 0 Å². The lowest BCUT2D eigenvalue weighted by Gasteiger charge is -2.08. The number of nitriles is 1. The Hall–Kier alpha value is -2.34. The Kier molecular flexibility index (Phi) is 4.15. The molecule has 0 aliphatic rings. The number of rotatable bonds is 4. The number of hydrogen-bond acceptors (Lipinski definition) is 3. The van der Waals surface area contributed by atoms with Crippen LogP contribution in [-0.2, 0) is 13.0 Å². The summed E-state index contributed by atoms with van der Waals surface area (Å²) in [5.41, 5.74) is 4.00. The molecule has 1 heterocycles. The van der Waals surface area contributed by atoms with E-state index < -0.39 is 0 Å². The third kappa shape index (κ3) is 3.32. The minimum atomic E-state index is 0.579. The highest BCUT2D eigenvalue weighted by molar-refractivity contribution is 5.52. The van der Waals surface area contributed by atoms with Crippen molar-refractivity contribution in [3.05, 3.63) is 58.8 Å². The van der Waals surface area contributed by atoms with Crippen LogP contribution in [0.5, 0.6) is 0 Å². The molecule has 0 unspecified atom stereocenters. The van der Waals surface area contributed by atoms with E-state index in [-0.39, 0.29) is 0 Å². The molecule has 2 aromatic rings. The normalized spacial score (nSPS) is 9.95. The first-order valence-corrected chi connectivity index (χ1v) is 6.42. The third-order valence-corrected chi connectivity index (χ3v) is 3.05. The van der Waals surface area contributed by atoms with Gasteiger partial charge in [-0.1, -0.05) is 31.2 Å². The van der Waals surface area contributed by atoms with Gasteiger partial charge < -0.3 is 5.32 Å². The molecule has 3 heteroatoms. The molecule has 0 amide bonds. The Labute approximate surface area is 113 Å². The first kappa shape index (κ1) is 13.1. The molecule has 0 atom stereocenters. The van der Waals surface area contributed by atoms with Crippen LogP contribution >= 0.6 is 0 Å². The highest BCUT2D eigenvalue weighted by Gasteiger charge is 2.03. The second-order valence-corrected chi connectivity index (χ2v) is 4.48. The fourth-order valence-corrected chi connectivity index (χ4v) is 1.86. The molecule has 1 N–H and O–H groups in total. The van der Waals surface area contributed by atoms with Crippen LogP contribution in [0.15, 0.2) is 36.4 Å². The number of aromatic nitrogens is 1. The molecule has 0 fully saturated rings. The van der Waals surface area contributed by atoms with Crippen molar-refractivity contribution in [1.29, 1.82) is 5.26 Å². The highest BCUT2D eigenvalue weighted by Crippen LogP contribution is 2.14. The van der Waals surface area contributed by atoms with E-state index >= 15 is 0 Å². The summed E-state index contributed by atoms with van der Waals surface area (Å²) in [5.74, 6) is 0.655. The van der Waals surface area contributed by atoms with Gasteiger partial charge in [0.1, 0.15) is 11.9 Å². The van der Waals surface area contributed by atoms with E-state index in [0.29, 0.717) is 17.9 Å². The van der Waals surface area contributed by atoms with Crippen molar-refractivity contribution in [2.75, 3.05) is 5.32 Å². The average molecular weight is 251 g/mol. The van der Waals surface area contributed by atoms with Crippen molar-refractivity contribution < 1.29 is 0 Å². The summed E-state index contributed by atoms with van der Waals surface area (Å²) >= 11 is 0. The van der Waals surface area contributed by atoms with Gasteiger partial charge in [-0.15, -0.1) is 0 Å². The maximum absolute atomic E-state index is 9.04. The first-order valence-electron chi connectivity index (χ1n) is 6.42. The number of nitrogens with one attached hydrogen (secondary N) is 1. The van der Waals surface area contributed by atoms with E-state index in [1.807, 2.05) is 13.0 Å². The highest BCUT2D eigenvalue weighted by atomic mass is 15.0. The van der Waals surface area contributed by atoms with Gasteiger partial charge >= 0.3 is 0 Å². The van der Waals surface area contributed by atoms with Crippen LogP contribution < -0.4 is 5.32 Å². The van der Waals surface area contributed by atoms with E-state index in [0.717, 1.165) is 12.1 Å². The summed E-state index contributed by atoms with van der Waals surface area (Å²) in [5, 5.41) is 12.3. The maximum atomic E-state index is 9.04. The third-order valence-electron chi connectivity index (χ3n) is 3.05. The van der Waals surface area contributed by atoms with E-state index in [4.69, 9.17) is 5.26 Å². The smallest absolute Gasteiger partial charge is 0.144 e. The molecule has 0 radical (unpaired) electrons. The molecule has 1 aromatic heterocycles. The Morgan fingerprint density at radius 2 is 1.79 bits per heavy atom. The summed E-state index contributed by atoms with van der Waals surface area (Å²) in [6.07, 6.45) is 1.05. The molecule has 0 bridgehead atoms. The topological polar surface area (TPSA) is 48.7 Å². The quantitative estimate of drug-likeness (QED) is 0.905. The van der Waals surface area contributed by atoms with Gasteiger partial charge in [-0.2, -0.15) is 5.26 Å². The number of nitrogens with zero attached hydrogens (tertiary/aromatic N) is 2. The number of hydrogen-bond donors (Lipinski definition) is 1. The van der Waals surface area contributed by atoms with Crippen LogP contribution in [0, 0.1) is 18.3 Å². The number of anilines is 1. The van der Waals surface area contributed by atoms with Gasteiger partial charge in [0.15, 0.2) is 0 Å². The van der Waals surface area contributed by atoms with E-state index in [2.05, 4.69) is 47.6 Å². The van der Waals surface area contributed by atoms with Gasteiger partial charge in [0.25, 0.3) is 0 Å². The fraction of sp³-hybridized carbons (Fsp3) is 0.250. The lowest BCUT2D eigenvalue weighted by atomic mass is 10.1. The summed E-state index contributed by atoms with van der Waals surface area (Å²) in [4.78, 5) is 4.36. The van der Waals surface area contributed by atoms with Crippen LogP contribution in [0.2, 0.25) is 0 Å². The van der Waals surface area contributed by atoms with Crippen molar-refractivity contribution in [2.24, 2.45) is 0 Å².